The zero-order valence-electron chi connectivity index (χ0n) is 15.2. The predicted molar refractivity (Wildman–Crippen MR) is 91.4 cm³/mol. The van der Waals surface area contributed by atoms with Crippen LogP contribution >= 0.6 is 0 Å². The Hall–Kier alpha value is -0.530. The van der Waals surface area contributed by atoms with Gasteiger partial charge in [-0.25, -0.2) is 0 Å². The van der Waals surface area contributed by atoms with Gasteiger partial charge in [0.1, 0.15) is 0 Å². The molecule has 0 rings (SSSR count). The highest BCUT2D eigenvalue weighted by atomic mass is 16.5. The topological polar surface area (TPSA) is 26.3 Å². The molecule has 2 nitrogen and oxygen atoms in total. The van der Waals surface area contributed by atoms with Crippen LogP contribution in [-0.4, -0.2) is 13.1 Å². The monoisotopic (exact) mass is 298 g/mol. The van der Waals surface area contributed by atoms with Gasteiger partial charge in [0.05, 0.1) is 12.5 Å². The van der Waals surface area contributed by atoms with Crippen molar-refractivity contribution >= 4 is 5.97 Å². The van der Waals surface area contributed by atoms with Gasteiger partial charge in [0, 0.05) is 0 Å². The van der Waals surface area contributed by atoms with Crippen molar-refractivity contribution in [3.63, 3.8) is 0 Å². The lowest BCUT2D eigenvalue weighted by Crippen LogP contribution is -2.32. The summed E-state index contributed by atoms with van der Waals surface area (Å²) in [5, 5.41) is 0. The summed E-state index contributed by atoms with van der Waals surface area (Å²) in [6.45, 7) is 8.44. The Labute approximate surface area is 133 Å². The van der Waals surface area contributed by atoms with Gasteiger partial charge in [0.15, 0.2) is 0 Å². The highest BCUT2D eigenvalue weighted by Gasteiger charge is 2.34. The van der Waals surface area contributed by atoms with Gasteiger partial charge in [-0.3, -0.25) is 4.79 Å². The van der Waals surface area contributed by atoms with Crippen LogP contribution < -0.4 is 0 Å². The van der Waals surface area contributed by atoms with E-state index in [0.29, 0.717) is 5.92 Å². The third kappa shape index (κ3) is 9.16. The Kier molecular flexibility index (Phi) is 11.8. The molecule has 0 radical (unpaired) electrons. The first-order valence-corrected chi connectivity index (χ1v) is 9.05. The zero-order valence-corrected chi connectivity index (χ0v) is 15.2. The van der Waals surface area contributed by atoms with Gasteiger partial charge in [0.2, 0.25) is 0 Å². The van der Waals surface area contributed by atoms with Crippen LogP contribution in [0.25, 0.3) is 0 Å². The minimum Gasteiger partial charge on any atom is -0.469 e. The molecule has 0 aliphatic carbocycles. The number of carbonyl (C=O) groups is 1. The summed E-state index contributed by atoms with van der Waals surface area (Å²) >= 11 is 0. The van der Waals surface area contributed by atoms with E-state index >= 15 is 0 Å². The lowest BCUT2D eigenvalue weighted by atomic mass is 9.77. The van der Waals surface area contributed by atoms with E-state index in [1.165, 1.54) is 71.3 Å². The van der Waals surface area contributed by atoms with Gasteiger partial charge < -0.3 is 4.74 Å². The number of hydrogen-bond acceptors (Lipinski definition) is 2. The molecule has 21 heavy (non-hydrogen) atoms. The zero-order chi connectivity index (χ0) is 16.1. The summed E-state index contributed by atoms with van der Waals surface area (Å²) in [6, 6.07) is 0. The van der Waals surface area contributed by atoms with Crippen molar-refractivity contribution < 1.29 is 9.53 Å². The number of hydrogen-bond donors (Lipinski definition) is 0. The van der Waals surface area contributed by atoms with Crippen molar-refractivity contribution in [2.24, 2.45) is 11.3 Å². The van der Waals surface area contributed by atoms with Crippen LogP contribution in [-0.2, 0) is 9.53 Å². The van der Waals surface area contributed by atoms with E-state index in [2.05, 4.69) is 13.8 Å². The Morgan fingerprint density at radius 2 is 1.33 bits per heavy atom. The van der Waals surface area contributed by atoms with Crippen molar-refractivity contribution in [3.05, 3.63) is 0 Å². The van der Waals surface area contributed by atoms with Crippen LogP contribution in [0.5, 0.6) is 0 Å². The SMILES string of the molecule is CCCCCCCCCCCCC(C)C(C)(C)C(=O)OC. The first-order valence-electron chi connectivity index (χ1n) is 9.05. The van der Waals surface area contributed by atoms with E-state index in [-0.39, 0.29) is 11.4 Å². The van der Waals surface area contributed by atoms with Crippen LogP contribution in [0.3, 0.4) is 0 Å². The summed E-state index contributed by atoms with van der Waals surface area (Å²) in [5.74, 6) is 0.307. The van der Waals surface area contributed by atoms with Crippen molar-refractivity contribution in [3.8, 4) is 0 Å². The Bertz CT molecular complexity index is 258. The summed E-state index contributed by atoms with van der Waals surface area (Å²) in [5.41, 5.74) is -0.353. The molecule has 0 fully saturated rings. The smallest absolute Gasteiger partial charge is 0.311 e. The number of ether oxygens (including phenoxy) is 1. The van der Waals surface area contributed by atoms with Gasteiger partial charge >= 0.3 is 5.97 Å². The molecule has 2 heteroatoms. The van der Waals surface area contributed by atoms with Crippen molar-refractivity contribution in [2.45, 2.75) is 98.3 Å². The molecule has 0 aromatic rings. The van der Waals surface area contributed by atoms with Crippen molar-refractivity contribution in [2.75, 3.05) is 7.11 Å². The van der Waals surface area contributed by atoms with Crippen LogP contribution in [0.4, 0.5) is 0 Å². The normalized spacial score (nSPS) is 13.2. The molecular weight excluding hydrogens is 260 g/mol. The molecular formula is C19H38O2. The minimum absolute atomic E-state index is 0.0814. The van der Waals surface area contributed by atoms with E-state index < -0.39 is 0 Å². The molecule has 1 atom stereocenters. The van der Waals surface area contributed by atoms with E-state index in [1.54, 1.807) is 0 Å². The van der Waals surface area contributed by atoms with Gasteiger partial charge in [-0.05, 0) is 26.2 Å². The highest BCUT2D eigenvalue weighted by molar-refractivity contribution is 5.76. The van der Waals surface area contributed by atoms with Crippen molar-refractivity contribution in [1.82, 2.24) is 0 Å². The second kappa shape index (κ2) is 12.1. The standard InChI is InChI=1S/C19H38O2/c1-6-7-8-9-10-11-12-13-14-15-16-17(2)19(3,4)18(20)21-5/h17H,6-16H2,1-5H3. The molecule has 0 saturated carbocycles. The second-order valence-corrected chi connectivity index (χ2v) is 7.08. The van der Waals surface area contributed by atoms with Gasteiger partial charge in [-0.1, -0.05) is 78.1 Å². The molecule has 0 spiro atoms. The third-order valence-electron chi connectivity index (χ3n) is 4.93. The summed E-state index contributed by atoms with van der Waals surface area (Å²) in [4.78, 5) is 11.7. The quantitative estimate of drug-likeness (QED) is 0.302. The van der Waals surface area contributed by atoms with E-state index in [4.69, 9.17) is 4.74 Å². The fourth-order valence-electron chi connectivity index (χ4n) is 2.76. The molecule has 0 N–H and O–H groups in total. The maximum Gasteiger partial charge on any atom is 0.311 e. The molecule has 0 aliphatic heterocycles. The maximum atomic E-state index is 11.7. The number of unbranched alkanes of at least 4 members (excludes halogenated alkanes) is 9. The molecule has 0 saturated heterocycles. The molecule has 0 amide bonds. The fourth-order valence-corrected chi connectivity index (χ4v) is 2.76. The van der Waals surface area contributed by atoms with Crippen LogP contribution in [0.15, 0.2) is 0 Å². The average molecular weight is 299 g/mol. The molecule has 1 unspecified atom stereocenters. The van der Waals surface area contributed by atoms with E-state index in [9.17, 15) is 4.79 Å². The highest BCUT2D eigenvalue weighted by Crippen LogP contribution is 2.32. The maximum absolute atomic E-state index is 11.7. The van der Waals surface area contributed by atoms with E-state index in [0.717, 1.165) is 6.42 Å². The summed E-state index contributed by atoms with van der Waals surface area (Å²) in [7, 11) is 1.48. The summed E-state index contributed by atoms with van der Waals surface area (Å²) < 4.78 is 4.90. The molecule has 126 valence electrons. The number of esters is 1. The lowest BCUT2D eigenvalue weighted by molar-refractivity contribution is -0.153. The Balaban J connectivity index is 3.52. The van der Waals surface area contributed by atoms with Crippen LogP contribution in [0.1, 0.15) is 98.3 Å². The largest absolute Gasteiger partial charge is 0.469 e. The van der Waals surface area contributed by atoms with Crippen LogP contribution in [0, 0.1) is 11.3 Å². The molecule has 0 aliphatic rings. The average Bonchev–Trinajstić information content (AvgIpc) is 2.47. The molecule has 0 heterocycles. The second-order valence-electron chi connectivity index (χ2n) is 7.08. The number of methoxy groups -OCH3 is 1. The Morgan fingerprint density at radius 1 is 0.905 bits per heavy atom. The minimum atomic E-state index is -0.353. The van der Waals surface area contributed by atoms with Gasteiger partial charge in [0.25, 0.3) is 0 Å². The Morgan fingerprint density at radius 3 is 1.76 bits per heavy atom. The summed E-state index contributed by atoms with van der Waals surface area (Å²) in [6.07, 6.45) is 14.7. The fraction of sp³-hybridized carbons (Fsp3) is 0.947. The third-order valence-corrected chi connectivity index (χ3v) is 4.93. The predicted octanol–water partition coefficient (Wildman–Crippen LogP) is 6.13. The first-order chi connectivity index (χ1) is 9.96. The molecule has 0 bridgehead atoms. The first kappa shape index (κ1) is 20.5. The van der Waals surface area contributed by atoms with Crippen LogP contribution in [0.2, 0.25) is 0 Å². The molecule has 0 aromatic heterocycles. The molecule has 0 aromatic carbocycles. The number of carbonyl (C=O) groups excluding carboxylic acids is 1. The lowest BCUT2D eigenvalue weighted by Gasteiger charge is -2.28. The van der Waals surface area contributed by atoms with Gasteiger partial charge in [-0.15, -0.1) is 0 Å². The van der Waals surface area contributed by atoms with Gasteiger partial charge in [-0.2, -0.15) is 0 Å². The van der Waals surface area contributed by atoms with Crippen molar-refractivity contribution in [1.29, 1.82) is 0 Å². The number of rotatable bonds is 13. The van der Waals surface area contributed by atoms with E-state index in [1.807, 2.05) is 13.8 Å².